The van der Waals surface area contributed by atoms with E-state index in [0.29, 0.717) is 17.1 Å². The van der Waals surface area contributed by atoms with Crippen molar-refractivity contribution in [2.75, 3.05) is 23.5 Å². The fraction of sp³-hybridized carbons (Fsp3) is 0.267. The quantitative estimate of drug-likeness (QED) is 0.791. The Labute approximate surface area is 138 Å². The van der Waals surface area contributed by atoms with Crippen molar-refractivity contribution in [1.29, 1.82) is 0 Å². The number of anilines is 2. The first-order valence-corrected chi connectivity index (χ1v) is 7.83. The summed E-state index contributed by atoms with van der Waals surface area (Å²) in [6.45, 7) is 1.41. The van der Waals surface area contributed by atoms with Crippen LogP contribution in [-0.4, -0.2) is 34.2 Å². The van der Waals surface area contributed by atoms with Gasteiger partial charge in [-0.05, 0) is 18.2 Å². The molecule has 0 bridgehead atoms. The number of carbonyl (C=O) groups is 2. The third kappa shape index (κ3) is 4.75. The van der Waals surface area contributed by atoms with Crippen LogP contribution >= 0.6 is 11.8 Å². The lowest BCUT2D eigenvalue weighted by Crippen LogP contribution is -2.15. The molecule has 2 rings (SSSR count). The molecule has 0 radical (unpaired) electrons. The van der Waals surface area contributed by atoms with Crippen molar-refractivity contribution in [2.24, 2.45) is 7.05 Å². The highest BCUT2D eigenvalue weighted by molar-refractivity contribution is 7.99. The number of rotatable bonds is 6. The van der Waals surface area contributed by atoms with Gasteiger partial charge in [-0.1, -0.05) is 11.8 Å². The van der Waals surface area contributed by atoms with E-state index in [2.05, 4.69) is 15.6 Å². The molecular weight excluding hydrogens is 316 g/mol. The summed E-state index contributed by atoms with van der Waals surface area (Å²) in [7, 11) is 3.39. The molecule has 1 aromatic heterocycles. The number of hydrogen-bond donors (Lipinski definition) is 2. The van der Waals surface area contributed by atoms with Crippen molar-refractivity contribution in [3.8, 4) is 5.75 Å². The van der Waals surface area contributed by atoms with Crippen LogP contribution in [0.1, 0.15) is 6.92 Å². The number of aryl methyl sites for hydroxylation is 1. The molecule has 1 aromatic carbocycles. The van der Waals surface area contributed by atoms with E-state index in [-0.39, 0.29) is 17.6 Å². The maximum absolute atomic E-state index is 12.0. The Morgan fingerprint density at radius 1 is 1.35 bits per heavy atom. The number of nitrogens with zero attached hydrogens (tertiary/aromatic N) is 2. The second-order valence-corrected chi connectivity index (χ2v) is 5.70. The van der Waals surface area contributed by atoms with Crippen molar-refractivity contribution < 1.29 is 14.3 Å². The molecule has 0 spiro atoms. The maximum atomic E-state index is 12.0. The Morgan fingerprint density at radius 3 is 2.74 bits per heavy atom. The Balaban J connectivity index is 2.00. The highest BCUT2D eigenvalue weighted by atomic mass is 32.2. The van der Waals surface area contributed by atoms with E-state index in [0.717, 1.165) is 5.16 Å². The number of ether oxygens (including phenoxy) is 1. The third-order valence-electron chi connectivity index (χ3n) is 2.90. The first kappa shape index (κ1) is 16.9. The minimum absolute atomic E-state index is 0.156. The summed E-state index contributed by atoms with van der Waals surface area (Å²) in [6.07, 6.45) is 3.51. The number of nitrogens with one attached hydrogen (secondary N) is 2. The molecule has 0 unspecified atom stereocenters. The maximum Gasteiger partial charge on any atom is 0.234 e. The average molecular weight is 334 g/mol. The lowest BCUT2D eigenvalue weighted by molar-refractivity contribution is -0.114. The van der Waals surface area contributed by atoms with Crippen LogP contribution < -0.4 is 15.4 Å². The fourth-order valence-corrected chi connectivity index (χ4v) is 2.62. The number of carbonyl (C=O) groups excluding carboxylic acids is 2. The zero-order valence-corrected chi connectivity index (χ0v) is 13.9. The molecule has 2 amide bonds. The molecule has 23 heavy (non-hydrogen) atoms. The van der Waals surface area contributed by atoms with Crippen molar-refractivity contribution in [2.45, 2.75) is 12.1 Å². The summed E-state index contributed by atoms with van der Waals surface area (Å²) < 4.78 is 7.02. The summed E-state index contributed by atoms with van der Waals surface area (Å²) in [4.78, 5) is 27.4. The zero-order chi connectivity index (χ0) is 16.8. The van der Waals surface area contributed by atoms with Gasteiger partial charge in [0.05, 0.1) is 18.6 Å². The smallest absolute Gasteiger partial charge is 0.234 e. The number of amides is 2. The van der Waals surface area contributed by atoms with E-state index in [9.17, 15) is 9.59 Å². The average Bonchev–Trinajstić information content (AvgIpc) is 2.90. The van der Waals surface area contributed by atoms with E-state index in [4.69, 9.17) is 4.74 Å². The molecule has 0 aliphatic heterocycles. The van der Waals surface area contributed by atoms with E-state index in [1.165, 1.54) is 25.8 Å². The first-order chi connectivity index (χ1) is 11.0. The molecule has 0 atom stereocenters. The van der Waals surface area contributed by atoms with Crippen molar-refractivity contribution in [1.82, 2.24) is 9.55 Å². The lowest BCUT2D eigenvalue weighted by Gasteiger charge is -2.11. The Hall–Kier alpha value is -2.48. The number of thioether (sulfide) groups is 1. The minimum atomic E-state index is -0.211. The van der Waals surface area contributed by atoms with Gasteiger partial charge in [-0.3, -0.25) is 9.59 Å². The molecule has 0 saturated carbocycles. The number of methoxy groups -OCH3 is 1. The Bertz CT molecular complexity index is 714. The summed E-state index contributed by atoms with van der Waals surface area (Å²) in [6, 6.07) is 5.06. The van der Waals surface area contributed by atoms with Crippen LogP contribution in [0.4, 0.5) is 11.4 Å². The second-order valence-electron chi connectivity index (χ2n) is 4.75. The molecule has 2 aromatic rings. The predicted octanol–water partition coefficient (Wildman–Crippen LogP) is 2.12. The zero-order valence-electron chi connectivity index (χ0n) is 13.1. The molecular formula is C15H18N4O3S. The lowest BCUT2D eigenvalue weighted by atomic mass is 10.2. The Morgan fingerprint density at radius 2 is 2.13 bits per heavy atom. The van der Waals surface area contributed by atoms with Crippen molar-refractivity contribution >= 4 is 35.0 Å². The van der Waals surface area contributed by atoms with Gasteiger partial charge in [0, 0.05) is 32.1 Å². The van der Waals surface area contributed by atoms with Gasteiger partial charge in [-0.2, -0.15) is 0 Å². The van der Waals surface area contributed by atoms with Crippen LogP contribution in [0.3, 0.4) is 0 Å². The Kier molecular flexibility index (Phi) is 5.64. The van der Waals surface area contributed by atoms with E-state index >= 15 is 0 Å². The number of aromatic nitrogens is 2. The summed E-state index contributed by atoms with van der Waals surface area (Å²) in [5.74, 6) is 0.404. The molecule has 0 fully saturated rings. The van der Waals surface area contributed by atoms with E-state index in [1.807, 2.05) is 17.8 Å². The highest BCUT2D eigenvalue weighted by Crippen LogP contribution is 2.28. The third-order valence-corrected chi connectivity index (χ3v) is 3.96. The molecule has 2 N–H and O–H groups in total. The van der Waals surface area contributed by atoms with Crippen molar-refractivity contribution in [3.63, 3.8) is 0 Å². The predicted molar refractivity (Wildman–Crippen MR) is 89.9 cm³/mol. The number of imidazole rings is 1. The van der Waals surface area contributed by atoms with Crippen LogP contribution in [0.2, 0.25) is 0 Å². The monoisotopic (exact) mass is 334 g/mol. The van der Waals surface area contributed by atoms with Crippen LogP contribution in [0.15, 0.2) is 35.7 Å². The molecule has 0 aliphatic carbocycles. The molecule has 0 saturated heterocycles. The van der Waals surface area contributed by atoms with Gasteiger partial charge in [0.1, 0.15) is 5.75 Å². The summed E-state index contributed by atoms with van der Waals surface area (Å²) >= 11 is 1.35. The topological polar surface area (TPSA) is 85.2 Å². The summed E-state index contributed by atoms with van der Waals surface area (Å²) in [5, 5.41) is 6.22. The van der Waals surface area contributed by atoms with E-state index < -0.39 is 0 Å². The standard InChI is InChI=1S/C15H18N4O3S/c1-10(20)17-12-8-11(4-5-13(12)22-3)18-14(21)9-23-15-16-6-7-19(15)2/h4-8H,9H2,1-3H3,(H,17,20)(H,18,21). The van der Waals surface area contributed by atoms with Gasteiger partial charge in [0.15, 0.2) is 5.16 Å². The van der Waals surface area contributed by atoms with Gasteiger partial charge in [0.25, 0.3) is 0 Å². The fourth-order valence-electron chi connectivity index (χ4n) is 1.89. The largest absolute Gasteiger partial charge is 0.495 e. The molecule has 0 aliphatic rings. The molecule has 122 valence electrons. The van der Waals surface area contributed by atoms with Crippen LogP contribution in [0, 0.1) is 0 Å². The molecule has 1 heterocycles. The van der Waals surface area contributed by atoms with Gasteiger partial charge < -0.3 is 19.9 Å². The number of benzene rings is 1. The normalized spacial score (nSPS) is 10.2. The second kappa shape index (κ2) is 7.68. The highest BCUT2D eigenvalue weighted by Gasteiger charge is 2.10. The SMILES string of the molecule is COc1ccc(NC(=O)CSc2nccn2C)cc1NC(C)=O. The first-order valence-electron chi connectivity index (χ1n) is 6.85. The molecule has 7 nitrogen and oxygen atoms in total. The van der Waals surface area contributed by atoms with Crippen LogP contribution in [0.25, 0.3) is 0 Å². The van der Waals surface area contributed by atoms with Crippen molar-refractivity contribution in [3.05, 3.63) is 30.6 Å². The van der Waals surface area contributed by atoms with E-state index in [1.54, 1.807) is 24.4 Å². The molecule has 8 heteroatoms. The van der Waals surface area contributed by atoms with Gasteiger partial charge in [0.2, 0.25) is 11.8 Å². The van der Waals surface area contributed by atoms with Crippen LogP contribution in [0.5, 0.6) is 5.75 Å². The van der Waals surface area contributed by atoms with Crippen LogP contribution in [-0.2, 0) is 16.6 Å². The summed E-state index contributed by atoms with van der Waals surface area (Å²) in [5.41, 5.74) is 1.09. The van der Waals surface area contributed by atoms with Gasteiger partial charge in [-0.15, -0.1) is 0 Å². The van der Waals surface area contributed by atoms with Gasteiger partial charge in [-0.25, -0.2) is 4.98 Å². The number of hydrogen-bond acceptors (Lipinski definition) is 5. The van der Waals surface area contributed by atoms with Gasteiger partial charge >= 0.3 is 0 Å². The minimum Gasteiger partial charge on any atom is -0.495 e.